The summed E-state index contributed by atoms with van der Waals surface area (Å²) in [4.78, 5) is 12.5. The summed E-state index contributed by atoms with van der Waals surface area (Å²) in [5.74, 6) is -3.33. The van der Waals surface area contributed by atoms with Crippen molar-refractivity contribution >= 4 is 22.9 Å². The highest BCUT2D eigenvalue weighted by Gasteiger charge is 2.30. The lowest BCUT2D eigenvalue weighted by molar-refractivity contribution is 0.441. The van der Waals surface area contributed by atoms with E-state index in [4.69, 9.17) is 5.73 Å². The smallest absolute Gasteiger partial charge is 0.224 e. The number of nitrogens with two attached hydrogens (primary N) is 1. The minimum Gasteiger partial charge on any atom is -0.368 e. The summed E-state index contributed by atoms with van der Waals surface area (Å²) in [6.45, 7) is 0. The zero-order valence-corrected chi connectivity index (χ0v) is 12.6. The first-order chi connectivity index (χ1) is 11.5. The fourth-order valence-corrected chi connectivity index (χ4v) is 3.10. The van der Waals surface area contributed by atoms with Crippen LogP contribution in [-0.4, -0.2) is 19.5 Å². The van der Waals surface area contributed by atoms with Gasteiger partial charge in [-0.1, -0.05) is 0 Å². The number of nitrogens with zero attached hydrogens (tertiary/aromatic N) is 4. The van der Waals surface area contributed by atoms with E-state index in [1.54, 1.807) is 17.9 Å². The predicted octanol–water partition coefficient (Wildman–Crippen LogP) is 2.46. The number of fused-ring (bicyclic) bond motifs is 2. The van der Waals surface area contributed by atoms with Crippen LogP contribution in [0.4, 0.5) is 24.9 Å². The molecule has 0 aliphatic heterocycles. The molecule has 1 aliphatic carbocycles. The van der Waals surface area contributed by atoms with Gasteiger partial charge in [0.2, 0.25) is 5.95 Å². The average Bonchev–Trinajstić information content (AvgIpc) is 3.10. The van der Waals surface area contributed by atoms with Crippen LogP contribution < -0.4 is 11.1 Å². The third-order valence-corrected chi connectivity index (χ3v) is 4.24. The van der Waals surface area contributed by atoms with Gasteiger partial charge in [0.05, 0.1) is 12.4 Å². The van der Waals surface area contributed by atoms with Crippen LogP contribution in [0.15, 0.2) is 12.4 Å². The van der Waals surface area contributed by atoms with Crippen molar-refractivity contribution in [1.29, 1.82) is 0 Å². The molecule has 0 amide bonds. The molecule has 1 atom stereocenters. The Morgan fingerprint density at radius 2 is 2.04 bits per heavy atom. The lowest BCUT2D eigenvalue weighted by atomic mass is 10.1. The number of nitrogens with one attached hydrogen (secondary N) is 1. The number of aryl methyl sites for hydroxylation is 1. The van der Waals surface area contributed by atoms with Crippen molar-refractivity contribution in [3.63, 3.8) is 0 Å². The van der Waals surface area contributed by atoms with Crippen molar-refractivity contribution in [1.82, 2.24) is 19.5 Å². The molecule has 0 spiro atoms. The summed E-state index contributed by atoms with van der Waals surface area (Å²) < 4.78 is 42.5. The Labute approximate surface area is 134 Å². The van der Waals surface area contributed by atoms with Gasteiger partial charge in [-0.25, -0.2) is 18.2 Å². The Bertz CT molecular complexity index is 968. The SMILES string of the molecule is Cn1cnc2c(NC3CCc4c3cc(F)c(F)c4F)nc(N)nc21. The van der Waals surface area contributed by atoms with Crippen LogP contribution in [0.1, 0.15) is 23.6 Å². The van der Waals surface area contributed by atoms with Gasteiger partial charge in [0, 0.05) is 7.05 Å². The van der Waals surface area contributed by atoms with Crippen molar-refractivity contribution in [2.24, 2.45) is 7.05 Å². The Morgan fingerprint density at radius 3 is 2.83 bits per heavy atom. The van der Waals surface area contributed by atoms with E-state index in [0.29, 0.717) is 35.4 Å². The normalized spacial score (nSPS) is 16.6. The topological polar surface area (TPSA) is 81.7 Å². The largest absolute Gasteiger partial charge is 0.368 e. The molecule has 9 heteroatoms. The second-order valence-corrected chi connectivity index (χ2v) is 5.75. The van der Waals surface area contributed by atoms with E-state index in [1.165, 1.54) is 0 Å². The highest BCUT2D eigenvalue weighted by Crippen LogP contribution is 2.37. The van der Waals surface area contributed by atoms with Gasteiger partial charge in [0.15, 0.2) is 34.4 Å². The molecule has 4 rings (SSSR count). The molecule has 0 fully saturated rings. The fraction of sp³-hybridized carbons (Fsp3) is 0.267. The number of aromatic nitrogens is 4. The van der Waals surface area contributed by atoms with Gasteiger partial charge in [-0.05, 0) is 30.0 Å². The van der Waals surface area contributed by atoms with Crippen molar-refractivity contribution in [2.75, 3.05) is 11.1 Å². The minimum atomic E-state index is -1.44. The van der Waals surface area contributed by atoms with Crippen LogP contribution in [0.25, 0.3) is 11.2 Å². The number of nitrogen functional groups attached to an aromatic ring is 1. The zero-order valence-electron chi connectivity index (χ0n) is 12.6. The maximum absolute atomic E-state index is 13.9. The average molecular weight is 334 g/mol. The molecule has 3 aromatic rings. The summed E-state index contributed by atoms with van der Waals surface area (Å²) in [7, 11) is 1.77. The van der Waals surface area contributed by atoms with Crippen LogP contribution in [0.2, 0.25) is 0 Å². The molecule has 3 N–H and O–H groups in total. The molecule has 1 aliphatic rings. The summed E-state index contributed by atoms with van der Waals surface area (Å²) >= 11 is 0. The number of hydrogen-bond donors (Lipinski definition) is 2. The Morgan fingerprint density at radius 1 is 1.25 bits per heavy atom. The summed E-state index contributed by atoms with van der Waals surface area (Å²) in [6, 6.07) is 0.614. The predicted molar refractivity (Wildman–Crippen MR) is 81.7 cm³/mol. The van der Waals surface area contributed by atoms with Gasteiger partial charge in [-0.15, -0.1) is 0 Å². The Hall–Kier alpha value is -2.84. The number of rotatable bonds is 2. The van der Waals surface area contributed by atoms with Crippen molar-refractivity contribution in [3.8, 4) is 0 Å². The second kappa shape index (κ2) is 5.08. The van der Waals surface area contributed by atoms with E-state index in [-0.39, 0.29) is 11.5 Å². The van der Waals surface area contributed by atoms with Gasteiger partial charge in [-0.3, -0.25) is 0 Å². The standard InChI is InChI=1S/C15H13F3N6/c1-24-5-20-12-13(22-15(19)23-14(12)24)21-9-3-2-6-7(9)4-8(16)11(18)10(6)17/h4-5,9H,2-3H2,1H3,(H3,19,21,22,23). The van der Waals surface area contributed by atoms with E-state index in [1.807, 2.05) is 0 Å². The van der Waals surface area contributed by atoms with Crippen molar-refractivity contribution in [2.45, 2.75) is 18.9 Å². The van der Waals surface area contributed by atoms with Gasteiger partial charge in [0.25, 0.3) is 0 Å². The third kappa shape index (κ3) is 2.08. The van der Waals surface area contributed by atoms with Crippen LogP contribution >= 0.6 is 0 Å². The third-order valence-electron chi connectivity index (χ3n) is 4.24. The van der Waals surface area contributed by atoms with Crippen LogP contribution in [0, 0.1) is 17.5 Å². The number of benzene rings is 1. The van der Waals surface area contributed by atoms with Crippen molar-refractivity contribution < 1.29 is 13.2 Å². The minimum absolute atomic E-state index is 0.0586. The molecule has 0 radical (unpaired) electrons. The summed E-state index contributed by atoms with van der Waals surface area (Å²) in [5, 5.41) is 3.11. The van der Waals surface area contributed by atoms with E-state index in [2.05, 4.69) is 20.3 Å². The fourth-order valence-electron chi connectivity index (χ4n) is 3.10. The van der Waals surface area contributed by atoms with E-state index >= 15 is 0 Å². The van der Waals surface area contributed by atoms with E-state index in [9.17, 15) is 13.2 Å². The Balaban J connectivity index is 1.77. The van der Waals surface area contributed by atoms with E-state index < -0.39 is 23.5 Å². The first-order valence-corrected chi connectivity index (χ1v) is 7.33. The number of hydrogen-bond acceptors (Lipinski definition) is 5. The van der Waals surface area contributed by atoms with Crippen LogP contribution in [-0.2, 0) is 13.5 Å². The first kappa shape index (κ1) is 14.7. The molecule has 0 bridgehead atoms. The van der Waals surface area contributed by atoms with Crippen LogP contribution in [0.3, 0.4) is 0 Å². The first-order valence-electron chi connectivity index (χ1n) is 7.33. The lowest BCUT2D eigenvalue weighted by Gasteiger charge is -2.15. The Kier molecular flexibility index (Phi) is 3.12. The second-order valence-electron chi connectivity index (χ2n) is 5.75. The van der Waals surface area contributed by atoms with Crippen LogP contribution in [0.5, 0.6) is 0 Å². The van der Waals surface area contributed by atoms with Gasteiger partial charge < -0.3 is 15.6 Å². The lowest BCUT2D eigenvalue weighted by Crippen LogP contribution is -2.11. The van der Waals surface area contributed by atoms with Gasteiger partial charge in [-0.2, -0.15) is 9.97 Å². The van der Waals surface area contributed by atoms with Crippen molar-refractivity contribution in [3.05, 3.63) is 41.0 Å². The molecule has 24 heavy (non-hydrogen) atoms. The molecular weight excluding hydrogens is 321 g/mol. The number of imidazole rings is 1. The maximum Gasteiger partial charge on any atom is 0.224 e. The molecule has 124 valence electrons. The molecule has 2 heterocycles. The van der Waals surface area contributed by atoms with E-state index in [0.717, 1.165) is 6.07 Å². The quantitative estimate of drug-likeness (QED) is 0.704. The molecule has 0 saturated heterocycles. The maximum atomic E-state index is 13.9. The zero-order chi connectivity index (χ0) is 17.0. The number of halogens is 3. The molecule has 6 nitrogen and oxygen atoms in total. The monoisotopic (exact) mass is 334 g/mol. The highest BCUT2D eigenvalue weighted by atomic mass is 19.2. The highest BCUT2D eigenvalue weighted by molar-refractivity contribution is 5.84. The van der Waals surface area contributed by atoms with Gasteiger partial charge >= 0.3 is 0 Å². The summed E-state index contributed by atoms with van der Waals surface area (Å²) in [6.07, 6.45) is 2.36. The molecule has 2 aromatic heterocycles. The molecule has 1 unspecified atom stereocenters. The number of anilines is 2. The van der Waals surface area contributed by atoms with Gasteiger partial charge in [0.1, 0.15) is 0 Å². The molecule has 0 saturated carbocycles. The summed E-state index contributed by atoms with van der Waals surface area (Å²) in [5.41, 5.74) is 7.33. The molecular formula is C15H13F3N6. The molecule has 1 aromatic carbocycles.